The summed E-state index contributed by atoms with van der Waals surface area (Å²) in [7, 11) is 3.63. The standard InChI is InChI=1S/C9H9ClO4S/c1-2-14-8-4-3-6(15(10)13)5-7(8)9(11)12/h3-5H,2H2,1H3,(H,11,12). The number of aromatic carboxylic acids is 1. The smallest absolute Gasteiger partial charge is 0.339 e. The summed E-state index contributed by atoms with van der Waals surface area (Å²) in [6.45, 7) is 2.11. The van der Waals surface area contributed by atoms with Crippen LogP contribution in [-0.2, 0) is 10.0 Å². The summed E-state index contributed by atoms with van der Waals surface area (Å²) >= 11 is 0. The van der Waals surface area contributed by atoms with Gasteiger partial charge in [-0.1, -0.05) is 0 Å². The lowest BCUT2D eigenvalue weighted by atomic mass is 10.2. The molecule has 0 amide bonds. The van der Waals surface area contributed by atoms with Gasteiger partial charge in [-0.05, 0) is 35.8 Å². The molecule has 1 aromatic carbocycles. The van der Waals surface area contributed by atoms with Crippen molar-refractivity contribution in [2.45, 2.75) is 11.8 Å². The molecule has 0 bridgehead atoms. The van der Waals surface area contributed by atoms with Crippen LogP contribution in [0, 0.1) is 0 Å². The first-order chi connectivity index (χ1) is 7.06. The highest BCUT2D eigenvalue weighted by Crippen LogP contribution is 2.23. The summed E-state index contributed by atoms with van der Waals surface area (Å²) in [6.07, 6.45) is 0. The van der Waals surface area contributed by atoms with Crippen molar-refractivity contribution < 1.29 is 18.8 Å². The molecule has 1 N–H and O–H groups in total. The van der Waals surface area contributed by atoms with Gasteiger partial charge in [-0.25, -0.2) is 9.00 Å². The van der Waals surface area contributed by atoms with E-state index in [-0.39, 0.29) is 16.2 Å². The van der Waals surface area contributed by atoms with E-state index in [9.17, 15) is 9.00 Å². The molecule has 0 saturated heterocycles. The lowest BCUT2D eigenvalue weighted by Crippen LogP contribution is -2.03. The van der Waals surface area contributed by atoms with E-state index < -0.39 is 16.0 Å². The Morgan fingerprint density at radius 3 is 2.73 bits per heavy atom. The maximum atomic E-state index is 10.9. The zero-order valence-electron chi connectivity index (χ0n) is 7.90. The van der Waals surface area contributed by atoms with Gasteiger partial charge < -0.3 is 9.84 Å². The van der Waals surface area contributed by atoms with Crippen LogP contribution in [0.2, 0.25) is 0 Å². The van der Waals surface area contributed by atoms with E-state index >= 15 is 0 Å². The van der Waals surface area contributed by atoms with Gasteiger partial charge in [0.15, 0.2) is 0 Å². The fourth-order valence-electron chi connectivity index (χ4n) is 1.06. The first-order valence-corrected chi connectivity index (χ1v) is 6.12. The Kier molecular flexibility index (Phi) is 4.11. The molecule has 0 aliphatic heterocycles. The molecule has 0 saturated carbocycles. The summed E-state index contributed by atoms with van der Waals surface area (Å²) in [5, 5.41) is 8.88. The third kappa shape index (κ3) is 2.94. The van der Waals surface area contributed by atoms with Gasteiger partial charge in [0, 0.05) is 0 Å². The molecule has 0 spiro atoms. The number of benzene rings is 1. The molecule has 0 aliphatic rings. The molecule has 82 valence electrons. The van der Waals surface area contributed by atoms with E-state index in [1.54, 1.807) is 6.92 Å². The van der Waals surface area contributed by atoms with E-state index in [0.717, 1.165) is 0 Å². The van der Waals surface area contributed by atoms with Crippen molar-refractivity contribution in [3.05, 3.63) is 23.8 Å². The molecule has 0 aromatic heterocycles. The van der Waals surface area contributed by atoms with Crippen molar-refractivity contribution in [3.63, 3.8) is 0 Å². The average molecular weight is 249 g/mol. The highest BCUT2D eigenvalue weighted by molar-refractivity contribution is 8.08. The van der Waals surface area contributed by atoms with Crippen molar-refractivity contribution in [3.8, 4) is 5.75 Å². The van der Waals surface area contributed by atoms with Crippen molar-refractivity contribution >= 4 is 26.7 Å². The van der Waals surface area contributed by atoms with Crippen LogP contribution in [0.25, 0.3) is 0 Å². The molecule has 1 atom stereocenters. The summed E-state index contributed by atoms with van der Waals surface area (Å²) in [5.74, 6) is -0.890. The maximum absolute atomic E-state index is 10.9. The SMILES string of the molecule is CCOc1ccc(S(=O)Cl)cc1C(=O)O. The highest BCUT2D eigenvalue weighted by Gasteiger charge is 2.13. The molecule has 1 aromatic rings. The van der Waals surface area contributed by atoms with Crippen molar-refractivity contribution in [2.24, 2.45) is 0 Å². The summed E-state index contributed by atoms with van der Waals surface area (Å²) in [6, 6.07) is 4.17. The number of hydrogen-bond donors (Lipinski definition) is 1. The van der Waals surface area contributed by atoms with Crippen LogP contribution < -0.4 is 4.74 Å². The Hall–Kier alpha value is -1.07. The molecule has 1 rings (SSSR count). The van der Waals surface area contributed by atoms with E-state index in [0.29, 0.717) is 6.61 Å². The first kappa shape index (κ1) is 12.0. The number of rotatable bonds is 4. The zero-order chi connectivity index (χ0) is 11.4. The minimum atomic E-state index is -1.71. The van der Waals surface area contributed by atoms with E-state index in [1.807, 2.05) is 0 Å². The number of hydrogen-bond acceptors (Lipinski definition) is 3. The maximum Gasteiger partial charge on any atom is 0.339 e. The van der Waals surface area contributed by atoms with E-state index in [2.05, 4.69) is 0 Å². The fourth-order valence-corrected chi connectivity index (χ4v) is 1.73. The second kappa shape index (κ2) is 5.14. The zero-order valence-corrected chi connectivity index (χ0v) is 9.47. The third-order valence-corrected chi connectivity index (χ3v) is 2.83. The van der Waals surface area contributed by atoms with Crippen LogP contribution in [0.4, 0.5) is 0 Å². The van der Waals surface area contributed by atoms with Crippen LogP contribution in [0.3, 0.4) is 0 Å². The van der Waals surface area contributed by atoms with Gasteiger partial charge >= 0.3 is 5.97 Å². The number of carboxylic acids is 1. The van der Waals surface area contributed by atoms with Gasteiger partial charge in [0.2, 0.25) is 0 Å². The molecule has 0 heterocycles. The second-order valence-electron chi connectivity index (χ2n) is 2.62. The quantitative estimate of drug-likeness (QED) is 0.829. The average Bonchev–Trinajstić information content (AvgIpc) is 2.18. The Bertz CT molecular complexity index is 405. The van der Waals surface area contributed by atoms with Crippen molar-refractivity contribution in [1.82, 2.24) is 0 Å². The number of halogens is 1. The molecular weight excluding hydrogens is 240 g/mol. The summed E-state index contributed by atoms with van der Waals surface area (Å²) < 4.78 is 16.0. The predicted octanol–water partition coefficient (Wildman–Crippen LogP) is 2.04. The Morgan fingerprint density at radius 1 is 1.60 bits per heavy atom. The minimum absolute atomic E-state index is 0.0386. The topological polar surface area (TPSA) is 63.6 Å². The van der Waals surface area contributed by atoms with Crippen LogP contribution >= 0.6 is 10.7 Å². The summed E-state index contributed by atoms with van der Waals surface area (Å²) in [5.41, 5.74) is -0.0386. The van der Waals surface area contributed by atoms with Crippen molar-refractivity contribution in [2.75, 3.05) is 6.61 Å². The minimum Gasteiger partial charge on any atom is -0.493 e. The Labute approximate surface area is 93.8 Å². The Balaban J connectivity index is 3.20. The number of carbonyl (C=O) groups is 1. The van der Waals surface area contributed by atoms with E-state index in [4.69, 9.17) is 20.5 Å². The van der Waals surface area contributed by atoms with Gasteiger partial charge in [-0.3, -0.25) is 0 Å². The monoisotopic (exact) mass is 248 g/mol. The van der Waals surface area contributed by atoms with Crippen molar-refractivity contribution in [1.29, 1.82) is 0 Å². The molecule has 0 radical (unpaired) electrons. The first-order valence-electron chi connectivity index (χ1n) is 4.14. The molecule has 4 nitrogen and oxygen atoms in total. The molecule has 0 fully saturated rings. The highest BCUT2D eigenvalue weighted by atomic mass is 35.7. The normalized spacial score (nSPS) is 12.1. The lowest BCUT2D eigenvalue weighted by Gasteiger charge is -2.07. The molecule has 15 heavy (non-hydrogen) atoms. The molecule has 1 unspecified atom stereocenters. The van der Waals surface area contributed by atoms with E-state index in [1.165, 1.54) is 18.2 Å². The summed E-state index contributed by atoms with van der Waals surface area (Å²) in [4.78, 5) is 11.1. The lowest BCUT2D eigenvalue weighted by molar-refractivity contribution is 0.0692. The van der Waals surface area contributed by atoms with Crippen LogP contribution in [0.5, 0.6) is 5.75 Å². The predicted molar refractivity (Wildman–Crippen MR) is 56.8 cm³/mol. The van der Waals surface area contributed by atoms with Crippen LogP contribution in [-0.4, -0.2) is 21.9 Å². The molecule has 6 heteroatoms. The van der Waals surface area contributed by atoms with Gasteiger partial charge in [0.05, 0.1) is 11.5 Å². The van der Waals surface area contributed by atoms with Crippen LogP contribution in [0.15, 0.2) is 23.1 Å². The third-order valence-electron chi connectivity index (χ3n) is 1.67. The largest absolute Gasteiger partial charge is 0.493 e. The molecular formula is C9H9ClO4S. The van der Waals surface area contributed by atoms with Gasteiger partial charge in [-0.2, -0.15) is 0 Å². The van der Waals surface area contributed by atoms with Gasteiger partial charge in [-0.15, -0.1) is 0 Å². The molecule has 0 aliphatic carbocycles. The second-order valence-corrected chi connectivity index (χ2v) is 4.38. The van der Waals surface area contributed by atoms with Gasteiger partial charge in [0.1, 0.15) is 21.3 Å². The fraction of sp³-hybridized carbons (Fsp3) is 0.222. The Morgan fingerprint density at radius 2 is 2.27 bits per heavy atom. The number of carboxylic acid groups (broad SMARTS) is 1. The van der Waals surface area contributed by atoms with Crippen LogP contribution in [0.1, 0.15) is 17.3 Å². The number of ether oxygens (including phenoxy) is 1. The van der Waals surface area contributed by atoms with Gasteiger partial charge in [0.25, 0.3) is 0 Å².